The molecule has 0 aliphatic carbocycles. The summed E-state index contributed by atoms with van der Waals surface area (Å²) < 4.78 is 20.7. The van der Waals surface area contributed by atoms with Gasteiger partial charge in [0, 0.05) is 4.47 Å². The third kappa shape index (κ3) is 5.33. The molecule has 162 valence electrons. The van der Waals surface area contributed by atoms with Crippen LogP contribution in [0.15, 0.2) is 21.5 Å². The van der Waals surface area contributed by atoms with E-state index in [4.69, 9.17) is 14.2 Å². The van der Waals surface area contributed by atoms with E-state index in [-0.39, 0.29) is 18.1 Å². The summed E-state index contributed by atoms with van der Waals surface area (Å²) in [7, 11) is 2.61. The summed E-state index contributed by atoms with van der Waals surface area (Å²) in [5.41, 5.74) is 0.534. The summed E-state index contributed by atoms with van der Waals surface area (Å²) in [5, 5.41) is -0.568. The third-order valence-corrected chi connectivity index (χ3v) is 5.54. The van der Waals surface area contributed by atoms with Gasteiger partial charge >= 0.3 is 11.9 Å². The Balaban J connectivity index is 2.28. The molecule has 0 aromatic heterocycles. The van der Waals surface area contributed by atoms with Crippen LogP contribution in [0, 0.1) is 0 Å². The molecule has 30 heavy (non-hydrogen) atoms. The molecular weight excluding hydrogens is 482 g/mol. The predicted octanol–water partition coefficient (Wildman–Crippen LogP) is 3.00. The second-order valence-electron chi connectivity index (χ2n) is 5.87. The Kier molecular flexibility index (Phi) is 8.30. The van der Waals surface area contributed by atoms with E-state index in [2.05, 4.69) is 20.7 Å². The molecule has 0 spiro atoms. The van der Waals surface area contributed by atoms with Gasteiger partial charge in [-0.05, 0) is 49.4 Å². The number of esters is 2. The molecule has 1 aliphatic heterocycles. The first-order chi connectivity index (χ1) is 14.2. The van der Waals surface area contributed by atoms with Gasteiger partial charge in [0.25, 0.3) is 11.1 Å². The van der Waals surface area contributed by atoms with Crippen molar-refractivity contribution in [2.24, 2.45) is 0 Å². The second kappa shape index (κ2) is 10.5. The smallest absolute Gasteiger partial charge is 0.344 e. The highest BCUT2D eigenvalue weighted by atomic mass is 79.9. The maximum atomic E-state index is 12.6. The monoisotopic (exact) mass is 501 g/mol. The highest BCUT2D eigenvalue weighted by Crippen LogP contribution is 2.38. The number of rotatable bonds is 8. The minimum atomic E-state index is -1.04. The number of carbonyl (C=O) groups excluding carboxylic acids is 4. The molecule has 1 heterocycles. The molecule has 2 amide bonds. The van der Waals surface area contributed by atoms with Gasteiger partial charge in [0.05, 0.1) is 25.7 Å². The molecule has 2 rings (SSSR count). The lowest BCUT2D eigenvalue weighted by Gasteiger charge is -2.18. The molecule has 0 unspecified atom stereocenters. The number of benzene rings is 1. The Labute approximate surface area is 185 Å². The summed E-state index contributed by atoms with van der Waals surface area (Å²) in [5.74, 6) is -1.20. The van der Waals surface area contributed by atoms with Crippen LogP contribution in [0.25, 0.3) is 6.08 Å². The molecule has 1 aromatic rings. The zero-order valence-corrected chi connectivity index (χ0v) is 19.1. The number of hydrogen-bond acceptors (Lipinski definition) is 9. The van der Waals surface area contributed by atoms with Crippen molar-refractivity contribution in [2.45, 2.75) is 19.9 Å². The first-order valence-electron chi connectivity index (χ1n) is 8.74. The van der Waals surface area contributed by atoms with Crippen molar-refractivity contribution in [1.29, 1.82) is 0 Å². The molecule has 1 aromatic carbocycles. The lowest BCUT2D eigenvalue weighted by molar-refractivity contribution is -0.148. The van der Waals surface area contributed by atoms with Gasteiger partial charge in [-0.1, -0.05) is 15.9 Å². The standard InChI is InChI=1S/C19H20BrNO8S/c1-5-28-16(22)9-29-14-8-12(20)11(6-13(14)26-3)7-15-17(23)21(19(25)30-15)10(2)18(24)27-4/h6-8,10H,5,9H2,1-4H3/b15-7+/t10-/m1/s1. The van der Waals surface area contributed by atoms with Gasteiger partial charge in [0.2, 0.25) is 0 Å². The maximum Gasteiger partial charge on any atom is 0.344 e. The normalized spacial score (nSPS) is 15.9. The van der Waals surface area contributed by atoms with E-state index >= 15 is 0 Å². The van der Waals surface area contributed by atoms with Crippen LogP contribution in [0.1, 0.15) is 19.4 Å². The molecule has 1 atom stereocenters. The number of halogens is 1. The zero-order valence-electron chi connectivity index (χ0n) is 16.7. The Hall–Kier alpha value is -2.53. The van der Waals surface area contributed by atoms with Crippen LogP contribution in [0.5, 0.6) is 11.5 Å². The Bertz CT molecular complexity index is 901. The van der Waals surface area contributed by atoms with Gasteiger partial charge in [-0.3, -0.25) is 14.5 Å². The van der Waals surface area contributed by atoms with Gasteiger partial charge in [-0.15, -0.1) is 0 Å². The topological polar surface area (TPSA) is 108 Å². The van der Waals surface area contributed by atoms with Crippen molar-refractivity contribution < 1.29 is 38.1 Å². The average molecular weight is 502 g/mol. The highest BCUT2D eigenvalue weighted by molar-refractivity contribution is 9.10. The van der Waals surface area contributed by atoms with Crippen LogP contribution in [0.2, 0.25) is 0 Å². The minimum absolute atomic E-state index is 0.138. The van der Waals surface area contributed by atoms with Crippen LogP contribution in [0.4, 0.5) is 4.79 Å². The van der Waals surface area contributed by atoms with E-state index in [1.165, 1.54) is 27.2 Å². The van der Waals surface area contributed by atoms with Gasteiger partial charge < -0.3 is 18.9 Å². The van der Waals surface area contributed by atoms with Crippen molar-refractivity contribution in [3.05, 3.63) is 27.1 Å². The van der Waals surface area contributed by atoms with Gasteiger partial charge in [-0.2, -0.15) is 0 Å². The van der Waals surface area contributed by atoms with Crippen molar-refractivity contribution in [3.63, 3.8) is 0 Å². The lowest BCUT2D eigenvalue weighted by Crippen LogP contribution is -2.42. The molecule has 11 heteroatoms. The SMILES string of the molecule is CCOC(=O)COc1cc(Br)c(/C=C2/SC(=O)N([C@H](C)C(=O)OC)C2=O)cc1OC. The predicted molar refractivity (Wildman–Crippen MR) is 112 cm³/mol. The molecular formula is C19H20BrNO8S. The average Bonchev–Trinajstić information content (AvgIpc) is 2.99. The Morgan fingerprint density at radius 2 is 1.93 bits per heavy atom. The molecule has 0 bridgehead atoms. The molecule has 1 saturated heterocycles. The Morgan fingerprint density at radius 3 is 2.53 bits per heavy atom. The van der Waals surface area contributed by atoms with Crippen molar-refractivity contribution in [1.82, 2.24) is 4.90 Å². The van der Waals surface area contributed by atoms with Crippen LogP contribution in [-0.2, 0) is 23.9 Å². The van der Waals surface area contributed by atoms with Crippen LogP contribution in [-0.4, -0.2) is 61.5 Å². The van der Waals surface area contributed by atoms with Gasteiger partial charge in [-0.25, -0.2) is 9.59 Å². The van der Waals surface area contributed by atoms with E-state index in [0.29, 0.717) is 33.3 Å². The molecule has 9 nitrogen and oxygen atoms in total. The van der Waals surface area contributed by atoms with Crippen LogP contribution in [0.3, 0.4) is 0 Å². The highest BCUT2D eigenvalue weighted by Gasteiger charge is 2.41. The number of hydrogen-bond donors (Lipinski definition) is 0. The first kappa shape index (κ1) is 23.7. The quantitative estimate of drug-likeness (QED) is 0.392. The summed E-state index contributed by atoms with van der Waals surface area (Å²) in [6.45, 7) is 3.06. The molecule has 0 radical (unpaired) electrons. The zero-order chi connectivity index (χ0) is 22.4. The summed E-state index contributed by atoms with van der Waals surface area (Å²) >= 11 is 4.10. The van der Waals surface area contributed by atoms with Gasteiger partial charge in [0.15, 0.2) is 18.1 Å². The van der Waals surface area contributed by atoms with E-state index in [1.807, 2.05) is 0 Å². The third-order valence-electron chi connectivity index (χ3n) is 3.97. The van der Waals surface area contributed by atoms with Crippen molar-refractivity contribution in [2.75, 3.05) is 27.4 Å². The number of ether oxygens (including phenoxy) is 4. The van der Waals surface area contributed by atoms with E-state index in [1.54, 1.807) is 19.1 Å². The summed E-state index contributed by atoms with van der Waals surface area (Å²) in [6.07, 6.45) is 1.50. The Morgan fingerprint density at radius 1 is 1.23 bits per heavy atom. The number of carbonyl (C=O) groups is 4. The lowest BCUT2D eigenvalue weighted by atomic mass is 10.1. The summed E-state index contributed by atoms with van der Waals surface area (Å²) in [6, 6.07) is 2.12. The molecule has 1 aliphatic rings. The fraction of sp³-hybridized carbons (Fsp3) is 0.368. The first-order valence-corrected chi connectivity index (χ1v) is 10.3. The second-order valence-corrected chi connectivity index (χ2v) is 7.72. The fourth-order valence-electron chi connectivity index (χ4n) is 2.50. The number of nitrogens with zero attached hydrogens (tertiary/aromatic N) is 1. The molecule has 1 fully saturated rings. The number of methoxy groups -OCH3 is 2. The fourth-order valence-corrected chi connectivity index (χ4v) is 3.84. The van der Waals surface area contributed by atoms with E-state index < -0.39 is 29.1 Å². The maximum absolute atomic E-state index is 12.6. The summed E-state index contributed by atoms with van der Waals surface area (Å²) in [4.78, 5) is 49.1. The number of thioether (sulfide) groups is 1. The van der Waals surface area contributed by atoms with Gasteiger partial charge in [0.1, 0.15) is 6.04 Å². The largest absolute Gasteiger partial charge is 0.493 e. The van der Waals surface area contributed by atoms with Crippen molar-refractivity contribution in [3.8, 4) is 11.5 Å². The van der Waals surface area contributed by atoms with Crippen LogP contribution < -0.4 is 9.47 Å². The molecule has 0 N–H and O–H groups in total. The number of amides is 2. The van der Waals surface area contributed by atoms with E-state index in [9.17, 15) is 19.2 Å². The molecule has 0 saturated carbocycles. The number of imide groups is 1. The minimum Gasteiger partial charge on any atom is -0.493 e. The van der Waals surface area contributed by atoms with Crippen LogP contribution >= 0.6 is 27.7 Å². The van der Waals surface area contributed by atoms with E-state index in [0.717, 1.165) is 4.90 Å². The van der Waals surface area contributed by atoms with Crippen molar-refractivity contribution >= 4 is 56.9 Å².